The predicted molar refractivity (Wildman–Crippen MR) is 75.8 cm³/mol. The summed E-state index contributed by atoms with van der Waals surface area (Å²) >= 11 is 1.83. The average Bonchev–Trinajstić information content (AvgIpc) is 2.65. The highest BCUT2D eigenvalue weighted by molar-refractivity contribution is 7.11. The van der Waals surface area contributed by atoms with E-state index in [1.54, 1.807) is 0 Å². The molecule has 2 rings (SSSR count). The summed E-state index contributed by atoms with van der Waals surface area (Å²) < 4.78 is 0. The second-order valence-corrected chi connectivity index (χ2v) is 6.25. The molecule has 0 unspecified atom stereocenters. The van der Waals surface area contributed by atoms with Crippen molar-refractivity contribution in [2.45, 2.75) is 39.2 Å². The fraction of sp³-hybridized carbons (Fsp3) is 0.643. The van der Waals surface area contributed by atoms with Gasteiger partial charge in [-0.1, -0.05) is 6.42 Å². The lowest BCUT2D eigenvalue weighted by molar-refractivity contribution is -0.130. The van der Waals surface area contributed by atoms with E-state index in [9.17, 15) is 4.79 Å². The summed E-state index contributed by atoms with van der Waals surface area (Å²) in [5.74, 6) is 0.335. The van der Waals surface area contributed by atoms with Crippen LogP contribution in [0.3, 0.4) is 0 Å². The minimum atomic E-state index is 0.335. The fourth-order valence-corrected chi connectivity index (χ4v) is 3.14. The number of nitrogens with zero attached hydrogens (tertiary/aromatic N) is 1. The van der Waals surface area contributed by atoms with Crippen molar-refractivity contribution in [1.82, 2.24) is 10.2 Å². The Morgan fingerprint density at radius 2 is 2.22 bits per heavy atom. The van der Waals surface area contributed by atoms with Gasteiger partial charge < -0.3 is 10.2 Å². The largest absolute Gasteiger partial charge is 0.341 e. The third-order valence-electron chi connectivity index (χ3n) is 3.33. The van der Waals surface area contributed by atoms with Gasteiger partial charge in [-0.3, -0.25) is 4.79 Å². The van der Waals surface area contributed by atoms with Gasteiger partial charge >= 0.3 is 0 Å². The van der Waals surface area contributed by atoms with Crippen molar-refractivity contribution in [3.8, 4) is 0 Å². The van der Waals surface area contributed by atoms with Gasteiger partial charge in [0, 0.05) is 42.4 Å². The third kappa shape index (κ3) is 4.10. The molecule has 1 aromatic rings. The summed E-state index contributed by atoms with van der Waals surface area (Å²) in [5.41, 5.74) is 0. The van der Waals surface area contributed by atoms with Gasteiger partial charge in [-0.05, 0) is 31.9 Å². The second kappa shape index (κ2) is 6.90. The number of aryl methyl sites for hydroxylation is 1. The van der Waals surface area contributed by atoms with Crippen molar-refractivity contribution >= 4 is 17.2 Å². The van der Waals surface area contributed by atoms with Gasteiger partial charge in [-0.15, -0.1) is 11.3 Å². The number of nitrogens with one attached hydrogen (secondary N) is 1. The third-order valence-corrected chi connectivity index (χ3v) is 4.33. The Morgan fingerprint density at radius 3 is 3.00 bits per heavy atom. The number of thiophene rings is 1. The van der Waals surface area contributed by atoms with Crippen molar-refractivity contribution in [3.05, 3.63) is 21.9 Å². The van der Waals surface area contributed by atoms with Crippen LogP contribution in [0.2, 0.25) is 0 Å². The van der Waals surface area contributed by atoms with Crippen molar-refractivity contribution in [3.63, 3.8) is 0 Å². The van der Waals surface area contributed by atoms with Gasteiger partial charge in [-0.2, -0.15) is 0 Å². The van der Waals surface area contributed by atoms with Crippen LogP contribution in [0.15, 0.2) is 12.1 Å². The van der Waals surface area contributed by atoms with Crippen LogP contribution in [0.5, 0.6) is 0 Å². The lowest BCUT2D eigenvalue weighted by Gasteiger charge is -2.20. The van der Waals surface area contributed by atoms with Gasteiger partial charge in [0.2, 0.25) is 5.91 Å². The molecule has 0 bridgehead atoms. The number of carbonyl (C=O) groups is 1. The minimum absolute atomic E-state index is 0.335. The first-order valence-electron chi connectivity index (χ1n) is 6.79. The molecule has 1 aliphatic heterocycles. The molecule has 1 N–H and O–H groups in total. The van der Waals surface area contributed by atoms with Gasteiger partial charge in [0.15, 0.2) is 0 Å². The molecule has 0 aromatic carbocycles. The van der Waals surface area contributed by atoms with Crippen LogP contribution in [0.25, 0.3) is 0 Å². The van der Waals surface area contributed by atoms with Crippen molar-refractivity contribution < 1.29 is 4.79 Å². The van der Waals surface area contributed by atoms with E-state index in [0.717, 1.165) is 45.4 Å². The van der Waals surface area contributed by atoms with Crippen LogP contribution in [0.4, 0.5) is 0 Å². The number of likely N-dealkylation sites (tertiary alicyclic amines) is 1. The molecule has 1 amide bonds. The zero-order valence-electron chi connectivity index (χ0n) is 11.1. The number of carbonyl (C=O) groups excluding carboxylic acids is 1. The first-order valence-corrected chi connectivity index (χ1v) is 7.61. The average molecular weight is 266 g/mol. The fourth-order valence-electron chi connectivity index (χ4n) is 2.28. The molecule has 0 saturated carbocycles. The smallest absolute Gasteiger partial charge is 0.222 e. The van der Waals surface area contributed by atoms with Crippen molar-refractivity contribution in [2.75, 3.05) is 19.6 Å². The summed E-state index contributed by atoms with van der Waals surface area (Å²) in [6.07, 6.45) is 4.17. The van der Waals surface area contributed by atoms with E-state index in [4.69, 9.17) is 0 Å². The minimum Gasteiger partial charge on any atom is -0.341 e. The molecule has 1 aliphatic rings. The lowest BCUT2D eigenvalue weighted by atomic mass is 10.2. The molecule has 0 spiro atoms. The highest BCUT2D eigenvalue weighted by Crippen LogP contribution is 2.14. The first-order chi connectivity index (χ1) is 8.75. The molecule has 1 fully saturated rings. The second-order valence-electron chi connectivity index (χ2n) is 4.88. The Hall–Kier alpha value is -0.870. The van der Waals surface area contributed by atoms with E-state index in [2.05, 4.69) is 24.4 Å². The van der Waals surface area contributed by atoms with Crippen LogP contribution in [-0.4, -0.2) is 30.4 Å². The van der Waals surface area contributed by atoms with Crippen LogP contribution < -0.4 is 5.32 Å². The molecule has 1 saturated heterocycles. The van der Waals surface area contributed by atoms with E-state index >= 15 is 0 Å². The molecule has 0 aliphatic carbocycles. The highest BCUT2D eigenvalue weighted by Gasteiger charge is 2.15. The molecule has 3 nitrogen and oxygen atoms in total. The summed E-state index contributed by atoms with van der Waals surface area (Å²) in [7, 11) is 0. The number of amides is 1. The summed E-state index contributed by atoms with van der Waals surface area (Å²) in [6.45, 7) is 5.73. The first kappa shape index (κ1) is 13.6. The van der Waals surface area contributed by atoms with Crippen LogP contribution in [0.1, 0.15) is 35.4 Å². The number of hydrogen-bond donors (Lipinski definition) is 1. The predicted octanol–water partition coefficient (Wildman–Crippen LogP) is 2.55. The van der Waals surface area contributed by atoms with E-state index in [1.807, 2.05) is 16.2 Å². The Bertz CT molecular complexity index is 389. The van der Waals surface area contributed by atoms with Crippen molar-refractivity contribution in [2.24, 2.45) is 0 Å². The monoisotopic (exact) mass is 266 g/mol. The van der Waals surface area contributed by atoms with E-state index in [0.29, 0.717) is 5.91 Å². The molecule has 1 aromatic heterocycles. The standard InChI is InChI=1S/C14H22N2OS/c1-12-6-7-13(18-12)11-15-8-10-16-9-4-2-3-5-14(16)17/h6-7,15H,2-5,8-11H2,1H3. The Morgan fingerprint density at radius 1 is 1.33 bits per heavy atom. The van der Waals surface area contributed by atoms with Crippen LogP contribution in [0, 0.1) is 6.92 Å². The topological polar surface area (TPSA) is 32.3 Å². The molecular weight excluding hydrogens is 244 g/mol. The maximum Gasteiger partial charge on any atom is 0.222 e. The zero-order chi connectivity index (χ0) is 12.8. The van der Waals surface area contributed by atoms with Gasteiger partial charge in [0.25, 0.3) is 0 Å². The van der Waals surface area contributed by atoms with Gasteiger partial charge in [-0.25, -0.2) is 0 Å². The Labute approximate surface area is 113 Å². The number of rotatable bonds is 5. The summed E-state index contributed by atoms with van der Waals surface area (Å²) in [4.78, 5) is 16.5. The van der Waals surface area contributed by atoms with E-state index < -0.39 is 0 Å². The van der Waals surface area contributed by atoms with E-state index in [-0.39, 0.29) is 0 Å². The normalized spacial score (nSPS) is 16.9. The molecule has 0 radical (unpaired) electrons. The lowest BCUT2D eigenvalue weighted by Crippen LogP contribution is -2.36. The van der Waals surface area contributed by atoms with Crippen molar-refractivity contribution in [1.29, 1.82) is 0 Å². The SMILES string of the molecule is Cc1ccc(CNCCN2CCCCCC2=O)s1. The maximum atomic E-state index is 11.8. The molecular formula is C14H22N2OS. The molecule has 4 heteroatoms. The molecule has 100 valence electrons. The molecule has 2 heterocycles. The van der Waals surface area contributed by atoms with E-state index in [1.165, 1.54) is 16.2 Å². The maximum absolute atomic E-state index is 11.8. The quantitative estimate of drug-likeness (QED) is 0.831. The molecule has 0 atom stereocenters. The Kier molecular flexibility index (Phi) is 5.20. The van der Waals surface area contributed by atoms with Crippen LogP contribution in [-0.2, 0) is 11.3 Å². The number of hydrogen-bond acceptors (Lipinski definition) is 3. The Balaban J connectivity index is 1.66. The zero-order valence-corrected chi connectivity index (χ0v) is 11.9. The summed E-state index contributed by atoms with van der Waals surface area (Å²) in [6, 6.07) is 4.32. The van der Waals surface area contributed by atoms with Gasteiger partial charge in [0.1, 0.15) is 0 Å². The van der Waals surface area contributed by atoms with Crippen LogP contribution >= 0.6 is 11.3 Å². The van der Waals surface area contributed by atoms with Gasteiger partial charge in [0.05, 0.1) is 0 Å². The summed E-state index contributed by atoms with van der Waals surface area (Å²) in [5, 5.41) is 3.42. The highest BCUT2D eigenvalue weighted by atomic mass is 32.1. The molecule has 18 heavy (non-hydrogen) atoms.